The second-order valence-corrected chi connectivity index (χ2v) is 5.44. The monoisotopic (exact) mass is 304 g/mol. The van der Waals surface area contributed by atoms with Crippen LogP contribution in [0.2, 0.25) is 0 Å². The summed E-state index contributed by atoms with van der Waals surface area (Å²) in [7, 11) is 0. The maximum atomic E-state index is 13.5. The van der Waals surface area contributed by atoms with E-state index in [2.05, 4.69) is 20.9 Å². The topological polar surface area (TPSA) is 38.9 Å². The minimum atomic E-state index is -0.661. The Bertz CT molecular complexity index is 412. The van der Waals surface area contributed by atoms with Gasteiger partial charge in [0.1, 0.15) is 10.4 Å². The number of pyridine rings is 1. The Labute approximate surface area is 108 Å². The number of nitrogens with two attached hydrogens (primary N) is 1. The van der Waals surface area contributed by atoms with Crippen molar-refractivity contribution in [3.05, 3.63) is 28.0 Å². The second kappa shape index (κ2) is 5.40. The lowest BCUT2D eigenvalue weighted by Gasteiger charge is -2.26. The van der Waals surface area contributed by atoms with Gasteiger partial charge in [0.25, 0.3) is 0 Å². The average molecular weight is 305 g/mol. The molecule has 1 aromatic heterocycles. The largest absolute Gasteiger partial charge is 0.328 e. The molecule has 1 aromatic rings. The minimum Gasteiger partial charge on any atom is -0.328 e. The molecule has 0 aliphatic heterocycles. The summed E-state index contributed by atoms with van der Waals surface area (Å²) in [6, 6.07) is 1.09. The number of halogens is 3. The van der Waals surface area contributed by atoms with E-state index < -0.39 is 11.6 Å². The summed E-state index contributed by atoms with van der Waals surface area (Å²) in [6.07, 6.45) is 4.60. The lowest BCUT2D eigenvalue weighted by Crippen LogP contribution is -2.29. The van der Waals surface area contributed by atoms with E-state index in [1.807, 2.05) is 0 Å². The Kier molecular flexibility index (Phi) is 4.09. The predicted molar refractivity (Wildman–Crippen MR) is 65.5 cm³/mol. The van der Waals surface area contributed by atoms with Crippen LogP contribution < -0.4 is 5.73 Å². The lowest BCUT2D eigenvalue weighted by atomic mass is 9.83. The molecule has 5 heteroatoms. The average Bonchev–Trinajstić information content (AvgIpc) is 2.26. The first-order chi connectivity index (χ1) is 8.06. The SMILES string of the molecule is N[C@@H]1CCC[C@H](Cc2nc(Br)c(F)cc2F)C1. The summed E-state index contributed by atoms with van der Waals surface area (Å²) in [6.45, 7) is 0. The Morgan fingerprint density at radius 2 is 2.12 bits per heavy atom. The van der Waals surface area contributed by atoms with Crippen LogP contribution in [0.15, 0.2) is 10.7 Å². The van der Waals surface area contributed by atoms with Crippen LogP contribution in [0.1, 0.15) is 31.4 Å². The molecular formula is C12H15BrF2N2. The molecule has 0 amide bonds. The van der Waals surface area contributed by atoms with Crippen LogP contribution in [0.5, 0.6) is 0 Å². The van der Waals surface area contributed by atoms with Crippen LogP contribution in [0.4, 0.5) is 8.78 Å². The summed E-state index contributed by atoms with van der Waals surface area (Å²) in [4.78, 5) is 3.92. The molecule has 1 aliphatic carbocycles. The third-order valence-corrected chi connectivity index (χ3v) is 3.82. The molecular weight excluding hydrogens is 290 g/mol. The Hall–Kier alpha value is -0.550. The van der Waals surface area contributed by atoms with Gasteiger partial charge >= 0.3 is 0 Å². The van der Waals surface area contributed by atoms with Crippen LogP contribution in [0, 0.1) is 17.6 Å². The summed E-state index contributed by atoms with van der Waals surface area (Å²) >= 11 is 2.98. The number of hydrogen-bond donors (Lipinski definition) is 1. The van der Waals surface area contributed by atoms with Gasteiger partial charge in [-0.3, -0.25) is 0 Å². The quantitative estimate of drug-likeness (QED) is 0.852. The molecule has 0 aromatic carbocycles. The maximum absolute atomic E-state index is 13.5. The maximum Gasteiger partial charge on any atom is 0.158 e. The highest BCUT2D eigenvalue weighted by Crippen LogP contribution is 2.27. The zero-order valence-electron chi connectivity index (χ0n) is 9.43. The van der Waals surface area contributed by atoms with Crippen molar-refractivity contribution in [1.82, 2.24) is 4.98 Å². The highest BCUT2D eigenvalue weighted by molar-refractivity contribution is 9.10. The van der Waals surface area contributed by atoms with Gasteiger partial charge in [-0.2, -0.15) is 0 Å². The van der Waals surface area contributed by atoms with Gasteiger partial charge in [0.15, 0.2) is 5.82 Å². The van der Waals surface area contributed by atoms with E-state index in [4.69, 9.17) is 5.73 Å². The Morgan fingerprint density at radius 1 is 1.35 bits per heavy atom. The van der Waals surface area contributed by atoms with Crippen molar-refractivity contribution in [1.29, 1.82) is 0 Å². The van der Waals surface area contributed by atoms with Gasteiger partial charge in [0, 0.05) is 12.1 Å². The van der Waals surface area contributed by atoms with Crippen LogP contribution in [0.25, 0.3) is 0 Å². The molecule has 2 nitrogen and oxygen atoms in total. The highest BCUT2D eigenvalue weighted by Gasteiger charge is 2.22. The molecule has 1 heterocycles. The normalized spacial score (nSPS) is 24.9. The predicted octanol–water partition coefficient (Wildman–Crippen LogP) is 3.18. The first kappa shape index (κ1) is 12.9. The van der Waals surface area contributed by atoms with Gasteiger partial charge in [-0.15, -0.1) is 0 Å². The van der Waals surface area contributed by atoms with E-state index >= 15 is 0 Å². The van der Waals surface area contributed by atoms with E-state index in [-0.39, 0.29) is 10.6 Å². The summed E-state index contributed by atoms with van der Waals surface area (Å²) in [5.41, 5.74) is 6.22. The summed E-state index contributed by atoms with van der Waals surface area (Å²) in [5.74, 6) is -0.866. The Morgan fingerprint density at radius 3 is 2.82 bits per heavy atom. The van der Waals surface area contributed by atoms with Crippen LogP contribution in [0.3, 0.4) is 0 Å². The van der Waals surface area contributed by atoms with E-state index in [0.29, 0.717) is 18.0 Å². The molecule has 2 rings (SSSR count). The smallest absolute Gasteiger partial charge is 0.158 e. The van der Waals surface area contributed by atoms with Crippen molar-refractivity contribution < 1.29 is 8.78 Å². The fraction of sp³-hybridized carbons (Fsp3) is 0.583. The molecule has 2 atom stereocenters. The number of aromatic nitrogens is 1. The van der Waals surface area contributed by atoms with Gasteiger partial charge in [-0.05, 0) is 47.5 Å². The summed E-state index contributed by atoms with van der Waals surface area (Å²) in [5, 5.41) is 0. The molecule has 1 aliphatic rings. The van der Waals surface area contributed by atoms with Crippen LogP contribution in [-0.2, 0) is 6.42 Å². The fourth-order valence-electron chi connectivity index (χ4n) is 2.41. The fourth-order valence-corrected chi connectivity index (χ4v) is 2.74. The van der Waals surface area contributed by atoms with Crippen LogP contribution >= 0.6 is 15.9 Å². The molecule has 94 valence electrons. The zero-order valence-corrected chi connectivity index (χ0v) is 11.0. The third-order valence-electron chi connectivity index (χ3n) is 3.26. The molecule has 1 fully saturated rings. The second-order valence-electron chi connectivity index (χ2n) is 4.69. The van der Waals surface area contributed by atoms with Gasteiger partial charge in [0.2, 0.25) is 0 Å². The van der Waals surface area contributed by atoms with Crippen molar-refractivity contribution in [2.24, 2.45) is 11.7 Å². The molecule has 17 heavy (non-hydrogen) atoms. The van der Waals surface area contributed by atoms with Crippen molar-refractivity contribution in [3.63, 3.8) is 0 Å². The van der Waals surface area contributed by atoms with E-state index in [1.165, 1.54) is 0 Å². The number of hydrogen-bond acceptors (Lipinski definition) is 2. The number of nitrogens with zero attached hydrogens (tertiary/aromatic N) is 1. The van der Waals surface area contributed by atoms with Crippen molar-refractivity contribution in [3.8, 4) is 0 Å². The van der Waals surface area contributed by atoms with Crippen molar-refractivity contribution >= 4 is 15.9 Å². The standard InChI is InChI=1S/C12H15BrF2N2/c13-12-10(15)6-9(14)11(17-12)5-7-2-1-3-8(16)4-7/h6-8H,1-5,16H2/t7-,8+/m0/s1. The number of rotatable bonds is 2. The molecule has 1 saturated carbocycles. The van der Waals surface area contributed by atoms with E-state index in [0.717, 1.165) is 31.7 Å². The van der Waals surface area contributed by atoms with Gasteiger partial charge in [0.05, 0.1) is 5.69 Å². The lowest BCUT2D eigenvalue weighted by molar-refractivity contribution is 0.315. The Balaban J connectivity index is 2.10. The van der Waals surface area contributed by atoms with Gasteiger partial charge < -0.3 is 5.73 Å². The zero-order chi connectivity index (χ0) is 12.4. The first-order valence-corrected chi connectivity index (χ1v) is 6.61. The molecule has 0 radical (unpaired) electrons. The first-order valence-electron chi connectivity index (χ1n) is 5.82. The van der Waals surface area contributed by atoms with E-state index in [9.17, 15) is 8.78 Å². The minimum absolute atomic E-state index is 0.0778. The molecule has 0 saturated heterocycles. The van der Waals surface area contributed by atoms with Gasteiger partial charge in [-0.1, -0.05) is 6.42 Å². The molecule has 0 bridgehead atoms. The molecule has 0 unspecified atom stereocenters. The van der Waals surface area contributed by atoms with Gasteiger partial charge in [-0.25, -0.2) is 13.8 Å². The third kappa shape index (κ3) is 3.22. The van der Waals surface area contributed by atoms with Crippen LogP contribution in [-0.4, -0.2) is 11.0 Å². The van der Waals surface area contributed by atoms with E-state index in [1.54, 1.807) is 0 Å². The molecule has 0 spiro atoms. The highest BCUT2D eigenvalue weighted by atomic mass is 79.9. The summed E-state index contributed by atoms with van der Waals surface area (Å²) < 4.78 is 26.6. The molecule has 2 N–H and O–H groups in total. The van der Waals surface area contributed by atoms with Crippen molar-refractivity contribution in [2.75, 3.05) is 0 Å². The van der Waals surface area contributed by atoms with Crippen molar-refractivity contribution in [2.45, 2.75) is 38.1 Å².